The van der Waals surface area contributed by atoms with Gasteiger partial charge >= 0.3 is 0 Å². The summed E-state index contributed by atoms with van der Waals surface area (Å²) in [6.07, 6.45) is 2.89. The SMILES string of the molecule is Cn1ccc2c(N)ccc(Nc3c(N)n4n(c3=O)CCC4)c21. The molecule has 7 nitrogen and oxygen atoms in total. The summed E-state index contributed by atoms with van der Waals surface area (Å²) in [5.74, 6) is 0.488. The van der Waals surface area contributed by atoms with Crippen LogP contribution in [0.2, 0.25) is 0 Å². The second-order valence-corrected chi connectivity index (χ2v) is 5.68. The van der Waals surface area contributed by atoms with E-state index in [0.29, 0.717) is 23.7 Å². The zero-order chi connectivity index (χ0) is 15.4. The van der Waals surface area contributed by atoms with Crippen molar-refractivity contribution in [1.82, 2.24) is 13.9 Å². The smallest absolute Gasteiger partial charge is 0.292 e. The highest BCUT2D eigenvalue weighted by Gasteiger charge is 2.22. The molecule has 0 radical (unpaired) electrons. The Hall–Kier alpha value is -2.83. The lowest BCUT2D eigenvalue weighted by Gasteiger charge is -2.10. The third-order valence-corrected chi connectivity index (χ3v) is 4.34. The number of rotatable bonds is 2. The van der Waals surface area contributed by atoms with Gasteiger partial charge in [-0.25, -0.2) is 4.68 Å². The van der Waals surface area contributed by atoms with Crippen LogP contribution in [0, 0.1) is 0 Å². The molecule has 0 saturated heterocycles. The summed E-state index contributed by atoms with van der Waals surface area (Å²) >= 11 is 0. The molecule has 2 aromatic heterocycles. The van der Waals surface area contributed by atoms with Gasteiger partial charge in [-0.05, 0) is 24.6 Å². The second-order valence-electron chi connectivity index (χ2n) is 5.68. The van der Waals surface area contributed by atoms with Crippen LogP contribution < -0.4 is 22.3 Å². The normalized spacial score (nSPS) is 13.7. The number of nitrogens with zero attached hydrogens (tertiary/aromatic N) is 3. The third kappa shape index (κ3) is 1.59. The number of aryl methyl sites for hydroxylation is 1. The van der Waals surface area contributed by atoms with Crippen molar-refractivity contribution in [3.8, 4) is 0 Å². The molecule has 0 unspecified atom stereocenters. The van der Waals surface area contributed by atoms with Crippen molar-refractivity contribution >= 4 is 33.8 Å². The Bertz CT molecular complexity index is 945. The van der Waals surface area contributed by atoms with E-state index in [2.05, 4.69) is 5.32 Å². The topological polar surface area (TPSA) is 95.9 Å². The van der Waals surface area contributed by atoms with Gasteiger partial charge in [0.25, 0.3) is 5.56 Å². The van der Waals surface area contributed by atoms with Crippen LogP contribution in [0.1, 0.15) is 6.42 Å². The highest BCUT2D eigenvalue weighted by Crippen LogP contribution is 2.32. The van der Waals surface area contributed by atoms with Crippen LogP contribution in [0.4, 0.5) is 22.9 Å². The van der Waals surface area contributed by atoms with Gasteiger partial charge in [0.1, 0.15) is 11.5 Å². The Balaban J connectivity index is 1.88. The van der Waals surface area contributed by atoms with Gasteiger partial charge in [-0.3, -0.25) is 9.48 Å². The van der Waals surface area contributed by atoms with Gasteiger partial charge in [-0.15, -0.1) is 0 Å². The quantitative estimate of drug-likeness (QED) is 0.624. The molecule has 1 aliphatic heterocycles. The van der Waals surface area contributed by atoms with E-state index in [1.54, 1.807) is 4.68 Å². The van der Waals surface area contributed by atoms with Crippen molar-refractivity contribution in [2.45, 2.75) is 19.5 Å². The van der Waals surface area contributed by atoms with E-state index in [0.717, 1.165) is 29.6 Å². The number of nitrogens with one attached hydrogen (secondary N) is 1. The molecular weight excluding hydrogens is 280 g/mol. The van der Waals surface area contributed by atoms with Gasteiger partial charge in [0.15, 0.2) is 0 Å². The molecule has 114 valence electrons. The van der Waals surface area contributed by atoms with E-state index in [-0.39, 0.29) is 5.56 Å². The Morgan fingerprint density at radius 2 is 1.91 bits per heavy atom. The fourth-order valence-corrected chi connectivity index (χ4v) is 3.23. The summed E-state index contributed by atoms with van der Waals surface area (Å²) in [6.45, 7) is 1.50. The Kier molecular flexibility index (Phi) is 2.53. The first kappa shape index (κ1) is 12.9. The summed E-state index contributed by atoms with van der Waals surface area (Å²) in [4.78, 5) is 12.5. The van der Waals surface area contributed by atoms with Crippen molar-refractivity contribution in [3.63, 3.8) is 0 Å². The number of nitrogen functional groups attached to an aromatic ring is 2. The van der Waals surface area contributed by atoms with Gasteiger partial charge in [-0.2, -0.15) is 0 Å². The number of anilines is 4. The van der Waals surface area contributed by atoms with Crippen LogP contribution in [0.15, 0.2) is 29.2 Å². The molecule has 0 atom stereocenters. The largest absolute Gasteiger partial charge is 0.398 e. The lowest BCUT2D eigenvalue weighted by molar-refractivity contribution is 0.601. The van der Waals surface area contributed by atoms with Crippen LogP contribution in [-0.2, 0) is 20.1 Å². The van der Waals surface area contributed by atoms with Crippen LogP contribution in [0.3, 0.4) is 0 Å². The van der Waals surface area contributed by atoms with Gasteiger partial charge in [0.2, 0.25) is 0 Å². The molecule has 3 aromatic rings. The number of nitrogens with two attached hydrogens (primary N) is 2. The predicted molar refractivity (Wildman–Crippen MR) is 88.3 cm³/mol. The standard InChI is InChI=1S/C15H18N6O/c1-19-8-5-9-10(16)3-4-11(13(9)19)18-12-14(17)20-6-2-7-21(20)15(12)22/h3-5,8,18H,2,6-7,16-17H2,1H3. The minimum Gasteiger partial charge on any atom is -0.398 e. The molecular formula is C15H18N6O. The third-order valence-electron chi connectivity index (χ3n) is 4.34. The average molecular weight is 298 g/mol. The molecule has 1 aliphatic rings. The van der Waals surface area contributed by atoms with Crippen LogP contribution in [-0.4, -0.2) is 13.9 Å². The average Bonchev–Trinajstić information content (AvgIpc) is 3.17. The van der Waals surface area contributed by atoms with E-state index in [1.807, 2.05) is 40.7 Å². The minimum atomic E-state index is -0.0748. The monoisotopic (exact) mass is 298 g/mol. The molecule has 0 bridgehead atoms. The molecule has 22 heavy (non-hydrogen) atoms. The number of aromatic nitrogens is 3. The fraction of sp³-hybridized carbons (Fsp3) is 0.267. The highest BCUT2D eigenvalue weighted by atomic mass is 16.1. The van der Waals surface area contributed by atoms with Crippen LogP contribution >= 0.6 is 0 Å². The van der Waals surface area contributed by atoms with E-state index < -0.39 is 0 Å². The van der Waals surface area contributed by atoms with Crippen LogP contribution in [0.25, 0.3) is 10.9 Å². The molecule has 0 spiro atoms. The lowest BCUT2D eigenvalue weighted by Crippen LogP contribution is -2.18. The summed E-state index contributed by atoms with van der Waals surface area (Å²) in [7, 11) is 1.95. The zero-order valence-corrected chi connectivity index (χ0v) is 12.3. The van der Waals surface area contributed by atoms with Gasteiger partial charge in [0.05, 0.1) is 11.2 Å². The molecule has 0 aliphatic carbocycles. The number of benzene rings is 1. The molecule has 7 heteroatoms. The molecule has 3 heterocycles. The van der Waals surface area contributed by atoms with E-state index in [4.69, 9.17) is 11.5 Å². The zero-order valence-electron chi connectivity index (χ0n) is 12.3. The summed E-state index contributed by atoms with van der Waals surface area (Å²) < 4.78 is 5.51. The summed E-state index contributed by atoms with van der Waals surface area (Å²) in [5, 5.41) is 4.17. The van der Waals surface area contributed by atoms with Gasteiger partial charge in [0, 0.05) is 37.4 Å². The Labute approximate surface area is 126 Å². The summed E-state index contributed by atoms with van der Waals surface area (Å²) in [5.41, 5.74) is 15.0. The number of hydrogen-bond donors (Lipinski definition) is 3. The van der Waals surface area contributed by atoms with E-state index in [1.165, 1.54) is 0 Å². The van der Waals surface area contributed by atoms with Crippen LogP contribution in [0.5, 0.6) is 0 Å². The van der Waals surface area contributed by atoms with Gasteiger partial charge < -0.3 is 21.4 Å². The first-order valence-corrected chi connectivity index (χ1v) is 7.27. The maximum Gasteiger partial charge on any atom is 0.292 e. The summed E-state index contributed by atoms with van der Waals surface area (Å²) in [6, 6.07) is 5.68. The molecule has 0 amide bonds. The number of fused-ring (bicyclic) bond motifs is 2. The maximum absolute atomic E-state index is 12.5. The fourth-order valence-electron chi connectivity index (χ4n) is 3.23. The lowest BCUT2D eigenvalue weighted by atomic mass is 10.2. The molecule has 0 saturated carbocycles. The maximum atomic E-state index is 12.5. The van der Waals surface area contributed by atoms with Crippen molar-refractivity contribution in [2.24, 2.45) is 7.05 Å². The van der Waals surface area contributed by atoms with Crippen molar-refractivity contribution in [3.05, 3.63) is 34.7 Å². The highest BCUT2D eigenvalue weighted by molar-refractivity contribution is 6.00. The van der Waals surface area contributed by atoms with E-state index in [9.17, 15) is 4.79 Å². The van der Waals surface area contributed by atoms with Crippen molar-refractivity contribution in [1.29, 1.82) is 0 Å². The number of hydrogen-bond acceptors (Lipinski definition) is 4. The minimum absolute atomic E-state index is 0.0748. The van der Waals surface area contributed by atoms with E-state index >= 15 is 0 Å². The van der Waals surface area contributed by atoms with Crippen molar-refractivity contribution < 1.29 is 0 Å². The van der Waals surface area contributed by atoms with Gasteiger partial charge in [-0.1, -0.05) is 0 Å². The molecule has 0 fully saturated rings. The molecule has 1 aromatic carbocycles. The molecule has 4 rings (SSSR count). The Morgan fingerprint density at radius 1 is 1.14 bits per heavy atom. The first-order chi connectivity index (χ1) is 10.6. The predicted octanol–water partition coefficient (Wildman–Crippen LogP) is 1.45. The molecule has 5 N–H and O–H groups in total. The second kappa shape index (κ2) is 4.33. The Morgan fingerprint density at radius 3 is 2.68 bits per heavy atom. The first-order valence-electron chi connectivity index (χ1n) is 7.27. The van der Waals surface area contributed by atoms with Crippen molar-refractivity contribution in [2.75, 3.05) is 16.8 Å².